The van der Waals surface area contributed by atoms with Crippen molar-refractivity contribution in [2.45, 2.75) is 38.4 Å². The quantitative estimate of drug-likeness (QED) is 0.931. The third-order valence-electron chi connectivity index (χ3n) is 4.04. The van der Waals surface area contributed by atoms with Gasteiger partial charge in [-0.05, 0) is 25.0 Å². The predicted molar refractivity (Wildman–Crippen MR) is 79.6 cm³/mol. The zero-order valence-corrected chi connectivity index (χ0v) is 12.3. The van der Waals surface area contributed by atoms with Crippen LogP contribution in [0.25, 0.3) is 10.2 Å². The van der Waals surface area contributed by atoms with E-state index in [0.29, 0.717) is 0 Å². The Kier molecular flexibility index (Phi) is 3.56. The van der Waals surface area contributed by atoms with E-state index in [1.54, 1.807) is 11.3 Å². The SMILES string of the molecule is CCC1(CC)CNCC(c2nc3ccccc3s2)O1. The first-order valence-electron chi connectivity index (χ1n) is 7.00. The second-order valence-corrected chi connectivity index (χ2v) is 6.21. The zero-order valence-electron chi connectivity index (χ0n) is 11.5. The van der Waals surface area contributed by atoms with E-state index in [4.69, 9.17) is 9.72 Å². The fourth-order valence-corrected chi connectivity index (χ4v) is 3.65. The van der Waals surface area contributed by atoms with Crippen molar-refractivity contribution >= 4 is 21.6 Å². The van der Waals surface area contributed by atoms with Crippen molar-refractivity contribution in [2.75, 3.05) is 13.1 Å². The van der Waals surface area contributed by atoms with Crippen molar-refractivity contribution in [3.05, 3.63) is 29.3 Å². The average molecular weight is 276 g/mol. The molecule has 2 heterocycles. The number of nitrogens with zero attached hydrogens (tertiary/aromatic N) is 1. The van der Waals surface area contributed by atoms with Gasteiger partial charge in [-0.25, -0.2) is 4.98 Å². The van der Waals surface area contributed by atoms with E-state index in [0.717, 1.165) is 36.5 Å². The standard InChI is InChI=1S/C15H20N2OS/c1-3-15(4-2)10-16-9-12(18-15)14-17-11-7-5-6-8-13(11)19-14/h5-8,12,16H,3-4,9-10H2,1-2H3. The van der Waals surface area contributed by atoms with Crippen LogP contribution in [0.2, 0.25) is 0 Å². The summed E-state index contributed by atoms with van der Waals surface area (Å²) in [5, 5.41) is 4.61. The first-order valence-corrected chi connectivity index (χ1v) is 7.82. The molecule has 1 atom stereocenters. The second kappa shape index (κ2) is 5.19. The van der Waals surface area contributed by atoms with E-state index >= 15 is 0 Å². The Bertz CT molecular complexity index is 529. The molecular formula is C15H20N2OS. The number of thiazole rings is 1. The number of hydrogen-bond donors (Lipinski definition) is 1. The van der Waals surface area contributed by atoms with Crippen LogP contribution in [0.4, 0.5) is 0 Å². The second-order valence-electron chi connectivity index (χ2n) is 5.15. The highest BCUT2D eigenvalue weighted by atomic mass is 32.1. The Balaban J connectivity index is 1.89. The van der Waals surface area contributed by atoms with Gasteiger partial charge in [-0.1, -0.05) is 26.0 Å². The van der Waals surface area contributed by atoms with Crippen LogP contribution in [0.15, 0.2) is 24.3 Å². The van der Waals surface area contributed by atoms with Gasteiger partial charge in [-0.2, -0.15) is 0 Å². The molecule has 0 radical (unpaired) electrons. The van der Waals surface area contributed by atoms with E-state index in [1.807, 2.05) is 6.07 Å². The normalized spacial score (nSPS) is 22.7. The molecule has 1 aliphatic heterocycles. The van der Waals surface area contributed by atoms with E-state index in [2.05, 4.69) is 37.4 Å². The van der Waals surface area contributed by atoms with Gasteiger partial charge in [0.1, 0.15) is 11.1 Å². The summed E-state index contributed by atoms with van der Waals surface area (Å²) in [5.74, 6) is 0. The lowest BCUT2D eigenvalue weighted by Crippen LogP contribution is -2.50. The summed E-state index contributed by atoms with van der Waals surface area (Å²) in [6, 6.07) is 8.29. The Morgan fingerprint density at radius 1 is 1.37 bits per heavy atom. The molecule has 4 heteroatoms. The largest absolute Gasteiger partial charge is 0.362 e. The molecule has 0 aliphatic carbocycles. The highest BCUT2D eigenvalue weighted by molar-refractivity contribution is 7.18. The van der Waals surface area contributed by atoms with Crippen molar-refractivity contribution in [1.29, 1.82) is 0 Å². The van der Waals surface area contributed by atoms with E-state index in [1.165, 1.54) is 4.70 Å². The third kappa shape index (κ3) is 2.40. The molecule has 19 heavy (non-hydrogen) atoms. The van der Waals surface area contributed by atoms with Crippen LogP contribution >= 0.6 is 11.3 Å². The van der Waals surface area contributed by atoms with Gasteiger partial charge in [-0.3, -0.25) is 0 Å². The molecule has 3 rings (SSSR count). The average Bonchev–Trinajstić information content (AvgIpc) is 2.91. The summed E-state index contributed by atoms with van der Waals surface area (Å²) in [6.07, 6.45) is 2.17. The summed E-state index contributed by atoms with van der Waals surface area (Å²) >= 11 is 1.75. The molecular weight excluding hydrogens is 256 g/mol. The minimum atomic E-state index is -0.0270. The molecule has 0 bridgehead atoms. The molecule has 2 aromatic rings. The zero-order chi connectivity index (χ0) is 13.3. The first-order chi connectivity index (χ1) is 9.26. The van der Waals surface area contributed by atoms with Crippen molar-refractivity contribution in [1.82, 2.24) is 10.3 Å². The number of rotatable bonds is 3. The molecule has 0 spiro atoms. The van der Waals surface area contributed by atoms with Crippen LogP contribution in [0.5, 0.6) is 0 Å². The highest BCUT2D eigenvalue weighted by Crippen LogP contribution is 2.35. The fraction of sp³-hybridized carbons (Fsp3) is 0.533. The van der Waals surface area contributed by atoms with Crippen LogP contribution in [0.3, 0.4) is 0 Å². The van der Waals surface area contributed by atoms with Crippen molar-refractivity contribution in [2.24, 2.45) is 0 Å². The summed E-state index contributed by atoms with van der Waals surface area (Å²) in [6.45, 7) is 6.21. The summed E-state index contributed by atoms with van der Waals surface area (Å²) in [4.78, 5) is 4.72. The number of aromatic nitrogens is 1. The summed E-state index contributed by atoms with van der Waals surface area (Å²) in [5.41, 5.74) is 1.05. The molecule has 102 valence electrons. The van der Waals surface area contributed by atoms with E-state index in [-0.39, 0.29) is 11.7 Å². The Morgan fingerprint density at radius 2 is 2.16 bits per heavy atom. The molecule has 1 fully saturated rings. The lowest BCUT2D eigenvalue weighted by atomic mass is 9.95. The molecule has 0 amide bonds. The minimum absolute atomic E-state index is 0.0270. The Morgan fingerprint density at radius 3 is 2.89 bits per heavy atom. The predicted octanol–water partition coefficient (Wildman–Crippen LogP) is 3.52. The molecule has 1 N–H and O–H groups in total. The van der Waals surface area contributed by atoms with Crippen molar-refractivity contribution in [3.8, 4) is 0 Å². The maximum atomic E-state index is 6.37. The van der Waals surface area contributed by atoms with Crippen LogP contribution in [-0.2, 0) is 4.74 Å². The summed E-state index contributed by atoms with van der Waals surface area (Å²) < 4.78 is 7.61. The molecule has 1 aromatic heterocycles. The molecule has 1 saturated heterocycles. The van der Waals surface area contributed by atoms with Crippen molar-refractivity contribution in [3.63, 3.8) is 0 Å². The third-order valence-corrected chi connectivity index (χ3v) is 5.17. The van der Waals surface area contributed by atoms with Gasteiger partial charge in [0, 0.05) is 13.1 Å². The van der Waals surface area contributed by atoms with Crippen LogP contribution in [0, 0.1) is 0 Å². The van der Waals surface area contributed by atoms with Crippen LogP contribution in [0.1, 0.15) is 37.8 Å². The molecule has 3 nitrogen and oxygen atoms in total. The number of hydrogen-bond acceptors (Lipinski definition) is 4. The van der Waals surface area contributed by atoms with Gasteiger partial charge < -0.3 is 10.1 Å². The van der Waals surface area contributed by atoms with Crippen molar-refractivity contribution < 1.29 is 4.74 Å². The van der Waals surface area contributed by atoms with Gasteiger partial charge in [0.05, 0.1) is 15.8 Å². The van der Waals surface area contributed by atoms with E-state index in [9.17, 15) is 0 Å². The van der Waals surface area contributed by atoms with Gasteiger partial charge in [-0.15, -0.1) is 11.3 Å². The fourth-order valence-electron chi connectivity index (χ4n) is 2.65. The number of fused-ring (bicyclic) bond motifs is 1. The topological polar surface area (TPSA) is 34.2 Å². The summed E-state index contributed by atoms with van der Waals surface area (Å²) in [7, 11) is 0. The number of nitrogens with one attached hydrogen (secondary N) is 1. The van der Waals surface area contributed by atoms with Gasteiger partial charge in [0.15, 0.2) is 0 Å². The smallest absolute Gasteiger partial charge is 0.124 e. The molecule has 1 unspecified atom stereocenters. The van der Waals surface area contributed by atoms with Gasteiger partial charge in [0.2, 0.25) is 0 Å². The number of morpholine rings is 1. The monoisotopic (exact) mass is 276 g/mol. The lowest BCUT2D eigenvalue weighted by Gasteiger charge is -2.40. The maximum absolute atomic E-state index is 6.37. The maximum Gasteiger partial charge on any atom is 0.124 e. The van der Waals surface area contributed by atoms with Gasteiger partial charge in [0.25, 0.3) is 0 Å². The number of ether oxygens (including phenoxy) is 1. The molecule has 1 aliphatic rings. The van der Waals surface area contributed by atoms with Crippen LogP contribution in [-0.4, -0.2) is 23.7 Å². The Labute approximate surface area is 118 Å². The van der Waals surface area contributed by atoms with Crippen LogP contribution < -0.4 is 5.32 Å². The molecule has 0 saturated carbocycles. The Hall–Kier alpha value is -0.970. The first kappa shape index (κ1) is 13.0. The highest BCUT2D eigenvalue weighted by Gasteiger charge is 2.35. The number of benzene rings is 1. The van der Waals surface area contributed by atoms with E-state index < -0.39 is 0 Å². The van der Waals surface area contributed by atoms with Gasteiger partial charge >= 0.3 is 0 Å². The minimum Gasteiger partial charge on any atom is -0.362 e. The lowest BCUT2D eigenvalue weighted by molar-refractivity contribution is -0.122. The molecule has 1 aromatic carbocycles. The number of para-hydroxylation sites is 1.